The highest BCUT2D eigenvalue weighted by molar-refractivity contribution is 5.87. The molecule has 1 saturated carbocycles. The van der Waals surface area contributed by atoms with Crippen molar-refractivity contribution in [1.29, 1.82) is 0 Å². The molecule has 0 aromatic carbocycles. The number of primary amides is 1. The van der Waals surface area contributed by atoms with Gasteiger partial charge in [0.2, 0.25) is 5.91 Å². The standard InChI is InChI=1S/C13H21N3O4/c1-8(15-2-4-20-5-3-15)10-13(11(14)17)6-9(13)7-16(10)12(18)19/h8-10H,2-7H2,1H3,(H2,14,17)(H,18,19). The van der Waals surface area contributed by atoms with Crippen molar-refractivity contribution in [2.75, 3.05) is 32.8 Å². The lowest BCUT2D eigenvalue weighted by atomic mass is 9.89. The van der Waals surface area contributed by atoms with Gasteiger partial charge in [-0.1, -0.05) is 0 Å². The van der Waals surface area contributed by atoms with Gasteiger partial charge < -0.3 is 20.5 Å². The van der Waals surface area contributed by atoms with E-state index in [0.717, 1.165) is 19.5 Å². The molecular weight excluding hydrogens is 262 g/mol. The van der Waals surface area contributed by atoms with Gasteiger partial charge in [-0.3, -0.25) is 9.69 Å². The van der Waals surface area contributed by atoms with E-state index in [9.17, 15) is 14.7 Å². The maximum atomic E-state index is 11.9. The van der Waals surface area contributed by atoms with E-state index in [1.807, 2.05) is 6.92 Å². The fourth-order valence-corrected chi connectivity index (χ4v) is 4.09. The van der Waals surface area contributed by atoms with E-state index in [1.54, 1.807) is 0 Å². The topological polar surface area (TPSA) is 96.1 Å². The van der Waals surface area contributed by atoms with Gasteiger partial charge in [-0.2, -0.15) is 0 Å². The van der Waals surface area contributed by atoms with Crippen molar-refractivity contribution in [3.63, 3.8) is 0 Å². The van der Waals surface area contributed by atoms with Gasteiger partial charge in [0.05, 0.1) is 24.7 Å². The lowest BCUT2D eigenvalue weighted by molar-refractivity contribution is -0.125. The summed E-state index contributed by atoms with van der Waals surface area (Å²) < 4.78 is 5.33. The number of hydrogen-bond donors (Lipinski definition) is 2. The van der Waals surface area contributed by atoms with E-state index < -0.39 is 11.5 Å². The van der Waals surface area contributed by atoms with Gasteiger partial charge in [-0.25, -0.2) is 4.79 Å². The molecule has 1 aliphatic carbocycles. The number of rotatable bonds is 3. The Labute approximate surface area is 117 Å². The number of morpholine rings is 1. The van der Waals surface area contributed by atoms with Crippen molar-refractivity contribution in [1.82, 2.24) is 9.80 Å². The molecule has 3 rings (SSSR count). The Kier molecular flexibility index (Phi) is 3.13. The van der Waals surface area contributed by atoms with Gasteiger partial charge in [0, 0.05) is 25.7 Å². The van der Waals surface area contributed by atoms with Crippen LogP contribution in [0, 0.1) is 11.3 Å². The first-order valence-electron chi connectivity index (χ1n) is 7.09. The molecular formula is C13H21N3O4. The maximum Gasteiger partial charge on any atom is 0.407 e. The molecule has 7 heteroatoms. The van der Waals surface area contributed by atoms with E-state index in [-0.39, 0.29) is 23.9 Å². The van der Waals surface area contributed by atoms with Crippen LogP contribution in [0.15, 0.2) is 0 Å². The van der Waals surface area contributed by atoms with Gasteiger partial charge in [-0.15, -0.1) is 0 Å². The van der Waals surface area contributed by atoms with Crippen molar-refractivity contribution in [3.8, 4) is 0 Å². The molecule has 3 aliphatic rings. The molecule has 4 unspecified atom stereocenters. The number of amides is 2. The quantitative estimate of drug-likeness (QED) is 0.732. The number of nitrogens with two attached hydrogens (primary N) is 1. The van der Waals surface area contributed by atoms with Crippen LogP contribution in [0.2, 0.25) is 0 Å². The van der Waals surface area contributed by atoms with Crippen LogP contribution in [0.25, 0.3) is 0 Å². The smallest absolute Gasteiger partial charge is 0.407 e. The van der Waals surface area contributed by atoms with Gasteiger partial charge in [0.1, 0.15) is 0 Å². The number of nitrogens with zero attached hydrogens (tertiary/aromatic N) is 2. The number of ether oxygens (including phenoxy) is 1. The Bertz CT molecular complexity index is 437. The zero-order chi connectivity index (χ0) is 14.5. The van der Waals surface area contributed by atoms with E-state index in [0.29, 0.717) is 19.8 Å². The normalized spacial score (nSPS) is 38.4. The third kappa shape index (κ3) is 1.80. The number of hydrogen-bond acceptors (Lipinski definition) is 4. The van der Waals surface area contributed by atoms with Gasteiger partial charge in [0.15, 0.2) is 0 Å². The molecule has 3 N–H and O–H groups in total. The average molecular weight is 283 g/mol. The van der Waals surface area contributed by atoms with Crippen molar-refractivity contribution in [3.05, 3.63) is 0 Å². The molecule has 0 radical (unpaired) electrons. The number of likely N-dealkylation sites (tertiary alicyclic amines) is 1. The predicted octanol–water partition coefficient (Wildman–Crippen LogP) is -0.439. The molecule has 0 bridgehead atoms. The van der Waals surface area contributed by atoms with E-state index in [2.05, 4.69) is 4.90 Å². The molecule has 112 valence electrons. The fourth-order valence-electron chi connectivity index (χ4n) is 4.09. The summed E-state index contributed by atoms with van der Waals surface area (Å²) in [6.45, 7) is 5.26. The molecule has 20 heavy (non-hydrogen) atoms. The Morgan fingerprint density at radius 3 is 2.60 bits per heavy atom. The zero-order valence-electron chi connectivity index (χ0n) is 11.6. The summed E-state index contributed by atoms with van der Waals surface area (Å²) in [6.07, 6.45) is -0.228. The summed E-state index contributed by atoms with van der Waals surface area (Å²) in [4.78, 5) is 27.0. The van der Waals surface area contributed by atoms with Crippen LogP contribution in [-0.4, -0.2) is 71.8 Å². The third-order valence-electron chi connectivity index (χ3n) is 5.22. The van der Waals surface area contributed by atoms with Gasteiger partial charge in [-0.05, 0) is 19.3 Å². The Morgan fingerprint density at radius 1 is 1.40 bits per heavy atom. The Balaban J connectivity index is 1.85. The molecule has 0 aromatic rings. The molecule has 0 spiro atoms. The van der Waals surface area contributed by atoms with E-state index >= 15 is 0 Å². The van der Waals surface area contributed by atoms with Crippen LogP contribution >= 0.6 is 0 Å². The maximum absolute atomic E-state index is 11.9. The number of carboxylic acid groups (broad SMARTS) is 1. The molecule has 2 saturated heterocycles. The molecule has 4 atom stereocenters. The summed E-state index contributed by atoms with van der Waals surface area (Å²) in [5.74, 6) is -0.249. The second-order valence-corrected chi connectivity index (χ2v) is 6.07. The zero-order valence-corrected chi connectivity index (χ0v) is 11.6. The highest BCUT2D eigenvalue weighted by Gasteiger charge is 2.72. The highest BCUT2D eigenvalue weighted by atomic mass is 16.5. The second kappa shape index (κ2) is 4.60. The Morgan fingerprint density at radius 2 is 2.05 bits per heavy atom. The summed E-state index contributed by atoms with van der Waals surface area (Å²) >= 11 is 0. The highest BCUT2D eigenvalue weighted by Crippen LogP contribution is 2.62. The second-order valence-electron chi connectivity index (χ2n) is 6.07. The van der Waals surface area contributed by atoms with Crippen molar-refractivity contribution < 1.29 is 19.4 Å². The predicted molar refractivity (Wildman–Crippen MR) is 70.1 cm³/mol. The fraction of sp³-hybridized carbons (Fsp3) is 0.846. The van der Waals surface area contributed by atoms with Crippen LogP contribution in [0.4, 0.5) is 4.79 Å². The monoisotopic (exact) mass is 283 g/mol. The summed E-state index contributed by atoms with van der Waals surface area (Å²) in [5, 5.41) is 9.40. The minimum Gasteiger partial charge on any atom is -0.465 e. The lowest BCUT2D eigenvalue weighted by Crippen LogP contribution is -2.58. The number of piperidine rings is 1. The lowest BCUT2D eigenvalue weighted by Gasteiger charge is -2.41. The number of carbonyl (C=O) groups is 2. The minimum atomic E-state index is -0.956. The van der Waals surface area contributed by atoms with Gasteiger partial charge >= 0.3 is 6.09 Å². The number of fused-ring (bicyclic) bond motifs is 1. The van der Waals surface area contributed by atoms with Crippen molar-refractivity contribution in [2.24, 2.45) is 17.1 Å². The number of carbonyl (C=O) groups excluding carboxylic acids is 1. The van der Waals surface area contributed by atoms with Crippen LogP contribution in [0.5, 0.6) is 0 Å². The first-order chi connectivity index (χ1) is 9.48. The molecule has 2 amide bonds. The molecule has 0 aromatic heterocycles. The van der Waals surface area contributed by atoms with E-state index in [1.165, 1.54) is 4.90 Å². The van der Waals surface area contributed by atoms with Crippen molar-refractivity contribution >= 4 is 12.0 Å². The first-order valence-corrected chi connectivity index (χ1v) is 7.09. The van der Waals surface area contributed by atoms with Crippen LogP contribution in [0.1, 0.15) is 13.3 Å². The van der Waals surface area contributed by atoms with Crippen LogP contribution in [-0.2, 0) is 9.53 Å². The Hall–Kier alpha value is -1.34. The average Bonchev–Trinajstić information content (AvgIpc) is 3.06. The molecule has 3 fully saturated rings. The summed E-state index contributed by atoms with van der Waals surface area (Å²) in [5.41, 5.74) is 4.95. The van der Waals surface area contributed by atoms with Crippen LogP contribution in [0.3, 0.4) is 0 Å². The SMILES string of the molecule is CC(C1N(C(=O)O)CC2CC21C(N)=O)N1CCOCC1. The molecule has 7 nitrogen and oxygen atoms in total. The summed E-state index contributed by atoms with van der Waals surface area (Å²) in [6, 6.07) is -0.351. The third-order valence-corrected chi connectivity index (χ3v) is 5.22. The molecule has 2 aliphatic heterocycles. The largest absolute Gasteiger partial charge is 0.465 e. The van der Waals surface area contributed by atoms with Crippen molar-refractivity contribution in [2.45, 2.75) is 25.4 Å². The van der Waals surface area contributed by atoms with Gasteiger partial charge in [0.25, 0.3) is 0 Å². The van der Waals surface area contributed by atoms with Crippen LogP contribution < -0.4 is 5.73 Å². The first kappa shape index (κ1) is 13.6. The minimum absolute atomic E-state index is 0.0185. The molecule has 2 heterocycles. The summed E-state index contributed by atoms with van der Waals surface area (Å²) in [7, 11) is 0. The van der Waals surface area contributed by atoms with E-state index in [4.69, 9.17) is 10.5 Å².